The highest BCUT2D eigenvalue weighted by atomic mass is 16.2. The lowest BCUT2D eigenvalue weighted by Gasteiger charge is -2.48. The van der Waals surface area contributed by atoms with Crippen molar-refractivity contribution in [2.24, 2.45) is 17.8 Å². The number of carbonyl (C=O) groups excluding carboxylic acids is 5. The van der Waals surface area contributed by atoms with Gasteiger partial charge in [-0.3, -0.25) is 29.3 Å². The zero-order valence-electron chi connectivity index (χ0n) is 42.4. The maximum Gasteiger partial charge on any atom is 0.238 e. The SMILES string of the molecule is CC(C)n1cnc2cc(-c3ccc4c(c3)N(C3CC(N5CCCCC5)C3)C(=O)C43CCN(C(=O)[C@H]4C[C@@H](C)CN(C(=O)C5CCN(c6ccc([C@H]7CCC(=O)NC7=O)cn6)CC5)C4)CC3)nc(NC3CC3)c21. The van der Waals surface area contributed by atoms with E-state index in [1.54, 1.807) is 6.20 Å². The maximum absolute atomic E-state index is 15.3. The average Bonchev–Trinajstić information content (AvgIpc) is 4.04. The Balaban J connectivity index is 0.727. The van der Waals surface area contributed by atoms with E-state index in [9.17, 15) is 19.2 Å². The third kappa shape index (κ3) is 8.62. The standard InChI is InChI=1S/C56H71N11O5/c1-34(2)66-33-58-46-29-45(60-51(50(46)66)59-40-9-10-40)37-7-12-44-47(26-37)67(42-27-41(28-42)62-19-5-4-6-20-62)55(72)56(44)17-23-64(24-18-56)54(71)39-25-35(3)31-65(32-39)53(70)36-15-21-63(22-16-36)48-13-8-38(30-57-48)43-11-14-49(68)61-52(43)69/h7-8,12-13,26,29-30,33-36,39-43H,4-6,9-11,14-25,27-28,31-32H2,1-3H3,(H,59,60)(H,61,68,69)/t35-,39+,41?,42?,43-/m1/s1. The minimum Gasteiger partial charge on any atom is -0.366 e. The van der Waals surface area contributed by atoms with Crippen molar-refractivity contribution in [3.63, 3.8) is 0 Å². The topological polar surface area (TPSA) is 169 Å². The Labute approximate surface area is 422 Å². The largest absolute Gasteiger partial charge is 0.366 e. The first-order valence-electron chi connectivity index (χ1n) is 27.4. The smallest absolute Gasteiger partial charge is 0.238 e. The quantitative estimate of drug-likeness (QED) is 0.161. The van der Waals surface area contributed by atoms with Crippen LogP contribution in [0.2, 0.25) is 0 Å². The molecule has 12 rings (SSSR count). The van der Waals surface area contributed by atoms with Gasteiger partial charge in [0.1, 0.15) is 11.3 Å². The molecule has 4 aromatic rings. The molecule has 3 atom stereocenters. The second kappa shape index (κ2) is 18.9. The van der Waals surface area contributed by atoms with Gasteiger partial charge in [0.05, 0.1) is 34.8 Å². The molecule has 5 saturated heterocycles. The van der Waals surface area contributed by atoms with Gasteiger partial charge in [-0.25, -0.2) is 15.0 Å². The van der Waals surface area contributed by atoms with Crippen LogP contribution in [0.5, 0.6) is 0 Å². The summed E-state index contributed by atoms with van der Waals surface area (Å²) >= 11 is 0. The fraction of sp³-hybridized carbons (Fsp3) is 0.607. The van der Waals surface area contributed by atoms with Gasteiger partial charge in [-0.15, -0.1) is 0 Å². The van der Waals surface area contributed by atoms with Crippen LogP contribution < -0.4 is 20.4 Å². The highest BCUT2D eigenvalue weighted by Gasteiger charge is 2.56. The van der Waals surface area contributed by atoms with Gasteiger partial charge < -0.3 is 34.4 Å². The fourth-order valence-electron chi connectivity index (χ4n) is 13.6. The Morgan fingerprint density at radius 1 is 0.792 bits per heavy atom. The van der Waals surface area contributed by atoms with Crippen molar-refractivity contribution >= 4 is 57.9 Å². The van der Waals surface area contributed by atoms with Gasteiger partial charge in [-0.2, -0.15) is 0 Å². The molecule has 2 saturated carbocycles. The highest BCUT2D eigenvalue weighted by molar-refractivity contribution is 6.09. The third-order valence-corrected chi connectivity index (χ3v) is 17.9. The fourth-order valence-corrected chi connectivity index (χ4v) is 13.6. The number of nitrogens with one attached hydrogen (secondary N) is 2. The number of carbonyl (C=O) groups is 5. The lowest BCUT2D eigenvalue weighted by atomic mass is 9.73. The van der Waals surface area contributed by atoms with Gasteiger partial charge in [0, 0.05) is 93.2 Å². The lowest BCUT2D eigenvalue weighted by molar-refractivity contribution is -0.146. The van der Waals surface area contributed by atoms with Gasteiger partial charge in [-0.1, -0.05) is 31.5 Å². The van der Waals surface area contributed by atoms with Crippen LogP contribution >= 0.6 is 0 Å². The molecular weight excluding hydrogens is 907 g/mol. The summed E-state index contributed by atoms with van der Waals surface area (Å²) in [5.41, 5.74) is 5.97. The molecule has 6 aliphatic heterocycles. The van der Waals surface area contributed by atoms with Crippen LogP contribution in [0.1, 0.15) is 134 Å². The van der Waals surface area contributed by atoms with E-state index in [1.807, 2.05) is 28.3 Å². The van der Waals surface area contributed by atoms with E-state index >= 15 is 4.79 Å². The number of nitrogens with zero attached hydrogens (tertiary/aromatic N) is 9. The number of anilines is 3. The molecule has 7 fully saturated rings. The molecule has 1 aromatic carbocycles. The van der Waals surface area contributed by atoms with Crippen molar-refractivity contribution in [2.45, 2.75) is 146 Å². The molecule has 1 spiro atoms. The van der Waals surface area contributed by atoms with Gasteiger partial charge in [0.15, 0.2) is 5.82 Å². The number of imide groups is 1. The average molecular weight is 978 g/mol. The van der Waals surface area contributed by atoms with Crippen molar-refractivity contribution in [3.05, 3.63) is 60.0 Å². The summed E-state index contributed by atoms with van der Waals surface area (Å²) in [5, 5.41) is 6.14. The first kappa shape index (κ1) is 47.1. The Morgan fingerprint density at radius 3 is 2.26 bits per heavy atom. The third-order valence-electron chi connectivity index (χ3n) is 17.9. The zero-order chi connectivity index (χ0) is 49.4. The van der Waals surface area contributed by atoms with Crippen molar-refractivity contribution < 1.29 is 24.0 Å². The van der Waals surface area contributed by atoms with E-state index in [4.69, 9.17) is 9.97 Å². The summed E-state index contributed by atoms with van der Waals surface area (Å²) in [6.45, 7) is 12.3. The number of aromatic nitrogens is 4. The molecule has 72 heavy (non-hydrogen) atoms. The number of pyridine rings is 2. The van der Waals surface area contributed by atoms with Crippen LogP contribution in [-0.2, 0) is 29.4 Å². The van der Waals surface area contributed by atoms with E-state index < -0.39 is 5.41 Å². The van der Waals surface area contributed by atoms with Crippen molar-refractivity contribution in [3.8, 4) is 11.3 Å². The molecule has 16 heteroatoms. The number of rotatable bonds is 10. The molecule has 0 unspecified atom stereocenters. The van der Waals surface area contributed by atoms with E-state index in [-0.39, 0.29) is 65.3 Å². The molecule has 9 heterocycles. The van der Waals surface area contributed by atoms with Crippen molar-refractivity contribution in [1.29, 1.82) is 0 Å². The molecule has 380 valence electrons. The molecule has 0 radical (unpaired) electrons. The number of imidazole rings is 1. The normalized spacial score (nSPS) is 27.1. The number of piperidine rings is 5. The van der Waals surface area contributed by atoms with Crippen molar-refractivity contribution in [1.82, 2.24) is 39.5 Å². The van der Waals surface area contributed by atoms with Crippen LogP contribution in [0, 0.1) is 17.8 Å². The van der Waals surface area contributed by atoms with E-state index in [2.05, 4.69) is 79.9 Å². The minimum absolute atomic E-state index is 0.106. The monoisotopic (exact) mass is 978 g/mol. The Hall–Kier alpha value is -5.90. The molecule has 0 bridgehead atoms. The molecule has 2 aliphatic carbocycles. The second-order valence-electron chi connectivity index (χ2n) is 23.1. The number of fused-ring (bicyclic) bond motifs is 3. The number of hydrogen-bond donors (Lipinski definition) is 2. The first-order valence-corrected chi connectivity index (χ1v) is 27.4. The van der Waals surface area contributed by atoms with Gasteiger partial charge >= 0.3 is 0 Å². The summed E-state index contributed by atoms with van der Waals surface area (Å²) < 4.78 is 2.20. The molecule has 8 aliphatic rings. The highest BCUT2D eigenvalue weighted by Crippen LogP contribution is 2.52. The molecule has 16 nitrogen and oxygen atoms in total. The number of benzene rings is 1. The van der Waals surface area contributed by atoms with E-state index in [1.165, 1.54) is 19.3 Å². The number of hydrogen-bond acceptors (Lipinski definition) is 11. The Morgan fingerprint density at radius 2 is 1.56 bits per heavy atom. The van der Waals surface area contributed by atoms with Crippen LogP contribution in [0.15, 0.2) is 48.9 Å². The van der Waals surface area contributed by atoms with E-state index in [0.29, 0.717) is 89.9 Å². The minimum atomic E-state index is -0.700. The lowest BCUT2D eigenvalue weighted by Crippen LogP contribution is -2.59. The summed E-state index contributed by atoms with van der Waals surface area (Å²) in [4.78, 5) is 94.0. The van der Waals surface area contributed by atoms with Crippen LogP contribution in [-0.4, -0.2) is 134 Å². The summed E-state index contributed by atoms with van der Waals surface area (Å²) in [6.07, 6.45) is 15.8. The van der Waals surface area contributed by atoms with Crippen molar-refractivity contribution in [2.75, 3.05) is 67.5 Å². The second-order valence-corrected chi connectivity index (χ2v) is 23.1. The summed E-state index contributed by atoms with van der Waals surface area (Å²) in [7, 11) is 0. The molecular formula is C56H71N11O5. The summed E-state index contributed by atoms with van der Waals surface area (Å²) in [5.74, 6) is 1.05. The van der Waals surface area contributed by atoms with Gasteiger partial charge in [0.2, 0.25) is 29.5 Å². The van der Waals surface area contributed by atoms with Crippen LogP contribution in [0.4, 0.5) is 17.3 Å². The zero-order valence-corrected chi connectivity index (χ0v) is 42.4. The maximum atomic E-state index is 15.3. The van der Waals surface area contributed by atoms with Crippen LogP contribution in [0.3, 0.4) is 0 Å². The Bertz CT molecular complexity index is 2760. The van der Waals surface area contributed by atoms with Gasteiger partial charge in [-0.05, 0) is 139 Å². The summed E-state index contributed by atoms with van der Waals surface area (Å²) in [6, 6.07) is 13.8. The predicted molar refractivity (Wildman–Crippen MR) is 275 cm³/mol. The predicted octanol–water partition coefficient (Wildman–Crippen LogP) is 6.79. The number of likely N-dealkylation sites (tertiary alicyclic amines) is 3. The van der Waals surface area contributed by atoms with Gasteiger partial charge in [0.25, 0.3) is 0 Å². The number of amides is 5. The first-order chi connectivity index (χ1) is 34.9. The van der Waals surface area contributed by atoms with E-state index in [0.717, 1.165) is 95.9 Å². The molecule has 2 N–H and O–H groups in total. The molecule has 3 aromatic heterocycles. The molecule has 5 amide bonds. The Kier molecular flexibility index (Phi) is 12.3. The van der Waals surface area contributed by atoms with Crippen LogP contribution in [0.25, 0.3) is 22.3 Å².